The van der Waals surface area contributed by atoms with Gasteiger partial charge in [-0.25, -0.2) is 4.98 Å². The molecule has 0 aliphatic carbocycles. The molecule has 2 aromatic carbocycles. The Balaban J connectivity index is 1.36. The Hall–Kier alpha value is -2.81. The molecule has 0 bridgehead atoms. The highest BCUT2D eigenvalue weighted by atomic mass is 35.5. The molecule has 1 aromatic heterocycles. The summed E-state index contributed by atoms with van der Waals surface area (Å²) in [4.78, 5) is 34.7. The number of rotatable bonds is 7. The van der Waals surface area contributed by atoms with Crippen molar-refractivity contribution >= 4 is 35.0 Å². The second kappa shape index (κ2) is 10.4. The van der Waals surface area contributed by atoms with E-state index in [2.05, 4.69) is 26.3 Å². The average Bonchev–Trinajstić information content (AvgIpc) is 2.81. The maximum Gasteiger partial charge on any atom is 0.256 e. The van der Waals surface area contributed by atoms with Gasteiger partial charge in [0.25, 0.3) is 5.56 Å². The lowest BCUT2D eigenvalue weighted by atomic mass is 10.1. The fourth-order valence-corrected chi connectivity index (χ4v) is 4.55. The summed E-state index contributed by atoms with van der Waals surface area (Å²) < 4.78 is 5.30. The number of nitrogens with zero attached hydrogens (tertiary/aromatic N) is 2. The Kier molecular flexibility index (Phi) is 7.37. The lowest BCUT2D eigenvalue weighted by Gasteiger charge is -2.27. The first-order valence-electron chi connectivity index (χ1n) is 10.6. The van der Waals surface area contributed by atoms with Crippen LogP contribution in [0.15, 0.2) is 52.4 Å². The number of aryl methyl sites for hydroxylation is 1. The number of carbonyl (C=O) groups is 1. The quantitative estimate of drug-likeness (QED) is 0.389. The number of aromatic amines is 1. The van der Waals surface area contributed by atoms with E-state index in [0.29, 0.717) is 34.4 Å². The van der Waals surface area contributed by atoms with Crippen molar-refractivity contribution < 1.29 is 9.53 Å². The fourth-order valence-electron chi connectivity index (χ4n) is 3.69. The maximum atomic E-state index is 12.7. The molecular weight excluding hydrogens is 460 g/mol. The lowest BCUT2D eigenvalue weighted by molar-refractivity contribution is -0.113. The number of ether oxygens (including phenoxy) is 1. The van der Waals surface area contributed by atoms with E-state index in [4.69, 9.17) is 16.3 Å². The van der Waals surface area contributed by atoms with Crippen LogP contribution in [-0.2, 0) is 24.3 Å². The van der Waals surface area contributed by atoms with Crippen molar-refractivity contribution in [2.75, 3.05) is 24.7 Å². The van der Waals surface area contributed by atoms with Crippen LogP contribution in [0.4, 0.5) is 5.69 Å². The van der Waals surface area contributed by atoms with E-state index in [9.17, 15) is 9.59 Å². The van der Waals surface area contributed by atoms with E-state index >= 15 is 0 Å². The first-order valence-corrected chi connectivity index (χ1v) is 11.9. The monoisotopic (exact) mass is 484 g/mol. The van der Waals surface area contributed by atoms with Crippen LogP contribution in [0, 0.1) is 6.92 Å². The number of amides is 1. The molecule has 1 aliphatic heterocycles. The van der Waals surface area contributed by atoms with Crippen LogP contribution in [0.3, 0.4) is 0 Å². The standard InChI is InChI=1S/C24H25ClN4O3S/c1-15-6-7-17(11-20(15)25)26-22(30)14-33-24-27-21-8-9-29(13-19(21)23(31)28-24)12-16-4-3-5-18(10-16)32-2/h3-7,10-11H,8-9,12-14H2,1-2H3,(H,26,30)(H,27,28,31). The van der Waals surface area contributed by atoms with Gasteiger partial charge in [-0.3, -0.25) is 14.5 Å². The SMILES string of the molecule is COc1cccc(CN2CCc3nc(SCC(=O)Nc4ccc(C)c(Cl)c4)[nH]c(=O)c3C2)c1. The topological polar surface area (TPSA) is 87.3 Å². The molecule has 33 heavy (non-hydrogen) atoms. The fraction of sp³-hybridized carbons (Fsp3) is 0.292. The van der Waals surface area contributed by atoms with Crippen LogP contribution in [0.1, 0.15) is 22.4 Å². The van der Waals surface area contributed by atoms with Gasteiger partial charge in [0.05, 0.1) is 24.1 Å². The third-order valence-corrected chi connectivity index (χ3v) is 6.74. The summed E-state index contributed by atoms with van der Waals surface area (Å²) in [7, 11) is 1.65. The van der Waals surface area contributed by atoms with E-state index in [-0.39, 0.29) is 17.2 Å². The van der Waals surface area contributed by atoms with Gasteiger partial charge < -0.3 is 15.0 Å². The molecule has 0 spiro atoms. The molecule has 172 valence electrons. The molecule has 0 saturated heterocycles. The van der Waals surface area contributed by atoms with Crippen LogP contribution in [-0.4, -0.2) is 40.2 Å². The minimum atomic E-state index is -0.190. The first-order chi connectivity index (χ1) is 15.9. The number of benzene rings is 2. The molecule has 7 nitrogen and oxygen atoms in total. The van der Waals surface area contributed by atoms with Crippen LogP contribution in [0.5, 0.6) is 5.75 Å². The number of halogens is 1. The minimum Gasteiger partial charge on any atom is -0.497 e. The summed E-state index contributed by atoms with van der Waals surface area (Å²) in [6.45, 7) is 3.98. The summed E-state index contributed by atoms with van der Waals surface area (Å²) in [6.07, 6.45) is 0.685. The number of methoxy groups -OCH3 is 1. The summed E-state index contributed by atoms with van der Waals surface area (Å²) in [5.41, 5.74) is 4.06. The first kappa shape index (κ1) is 23.4. The molecule has 0 fully saturated rings. The zero-order valence-electron chi connectivity index (χ0n) is 18.5. The van der Waals surface area contributed by atoms with Gasteiger partial charge in [-0.1, -0.05) is 41.6 Å². The van der Waals surface area contributed by atoms with Gasteiger partial charge in [-0.15, -0.1) is 0 Å². The van der Waals surface area contributed by atoms with Gasteiger partial charge in [-0.05, 0) is 42.3 Å². The van der Waals surface area contributed by atoms with E-state index < -0.39 is 0 Å². The predicted molar refractivity (Wildman–Crippen MR) is 131 cm³/mol. The number of aromatic nitrogens is 2. The van der Waals surface area contributed by atoms with Crippen LogP contribution >= 0.6 is 23.4 Å². The highest BCUT2D eigenvalue weighted by Gasteiger charge is 2.21. The number of thioether (sulfide) groups is 1. The molecule has 1 aliphatic rings. The summed E-state index contributed by atoms with van der Waals surface area (Å²) in [5.74, 6) is 0.764. The normalized spacial score (nSPS) is 13.4. The van der Waals surface area contributed by atoms with Crippen molar-refractivity contribution in [3.05, 3.63) is 80.2 Å². The van der Waals surface area contributed by atoms with Gasteiger partial charge in [0.15, 0.2) is 5.16 Å². The van der Waals surface area contributed by atoms with Crippen molar-refractivity contribution in [3.63, 3.8) is 0 Å². The molecule has 0 unspecified atom stereocenters. The lowest BCUT2D eigenvalue weighted by Crippen LogP contribution is -2.35. The second-order valence-electron chi connectivity index (χ2n) is 7.91. The van der Waals surface area contributed by atoms with Crippen LogP contribution in [0.25, 0.3) is 0 Å². The Morgan fingerprint density at radius 1 is 1.30 bits per heavy atom. The molecular formula is C24H25ClN4O3S. The number of H-pyrrole nitrogens is 1. The van der Waals surface area contributed by atoms with Crippen LogP contribution in [0.2, 0.25) is 5.02 Å². The van der Waals surface area contributed by atoms with Gasteiger partial charge in [-0.2, -0.15) is 0 Å². The largest absolute Gasteiger partial charge is 0.497 e. The average molecular weight is 485 g/mol. The third kappa shape index (κ3) is 5.96. The molecule has 0 radical (unpaired) electrons. The van der Waals surface area contributed by atoms with E-state index in [1.165, 1.54) is 11.8 Å². The zero-order valence-corrected chi connectivity index (χ0v) is 20.1. The molecule has 1 amide bonds. The van der Waals surface area contributed by atoms with Crippen LogP contribution < -0.4 is 15.6 Å². The molecule has 0 saturated carbocycles. The number of carbonyl (C=O) groups excluding carboxylic acids is 1. The summed E-state index contributed by atoms with van der Waals surface area (Å²) in [5, 5.41) is 3.87. The minimum absolute atomic E-state index is 0.134. The number of nitrogens with one attached hydrogen (secondary N) is 2. The van der Waals surface area contributed by atoms with E-state index in [1.807, 2.05) is 31.2 Å². The summed E-state index contributed by atoms with van der Waals surface area (Å²) in [6, 6.07) is 13.3. The number of hydrogen-bond donors (Lipinski definition) is 2. The van der Waals surface area contributed by atoms with Gasteiger partial charge in [0.1, 0.15) is 5.75 Å². The highest BCUT2D eigenvalue weighted by molar-refractivity contribution is 7.99. The van der Waals surface area contributed by atoms with E-state index in [1.54, 1.807) is 19.2 Å². The highest BCUT2D eigenvalue weighted by Crippen LogP contribution is 2.22. The molecule has 2 heterocycles. The smallest absolute Gasteiger partial charge is 0.256 e. The van der Waals surface area contributed by atoms with E-state index in [0.717, 1.165) is 35.7 Å². The van der Waals surface area contributed by atoms with Gasteiger partial charge in [0.2, 0.25) is 5.91 Å². The Bertz CT molecular complexity index is 1230. The van der Waals surface area contributed by atoms with Crippen molar-refractivity contribution in [2.45, 2.75) is 31.6 Å². The van der Waals surface area contributed by atoms with Crippen molar-refractivity contribution in [1.82, 2.24) is 14.9 Å². The molecule has 0 atom stereocenters. The Morgan fingerprint density at radius 2 is 2.15 bits per heavy atom. The molecule has 2 N–H and O–H groups in total. The zero-order chi connectivity index (χ0) is 23.4. The van der Waals surface area contributed by atoms with Crippen molar-refractivity contribution in [2.24, 2.45) is 0 Å². The number of hydrogen-bond acceptors (Lipinski definition) is 6. The molecule has 3 aromatic rings. The maximum absolute atomic E-state index is 12.7. The van der Waals surface area contributed by atoms with Gasteiger partial charge in [0, 0.05) is 36.8 Å². The second-order valence-corrected chi connectivity index (χ2v) is 9.28. The molecule has 4 rings (SSSR count). The third-order valence-electron chi connectivity index (χ3n) is 5.46. The van der Waals surface area contributed by atoms with Gasteiger partial charge >= 0.3 is 0 Å². The number of anilines is 1. The molecule has 9 heteroatoms. The number of fused-ring (bicyclic) bond motifs is 1. The van der Waals surface area contributed by atoms with Crippen molar-refractivity contribution in [3.8, 4) is 5.75 Å². The Morgan fingerprint density at radius 3 is 2.94 bits per heavy atom. The predicted octanol–water partition coefficient (Wildman–Crippen LogP) is 4.03. The Labute approximate surface area is 201 Å². The summed E-state index contributed by atoms with van der Waals surface area (Å²) >= 11 is 7.32. The van der Waals surface area contributed by atoms with Crippen molar-refractivity contribution in [1.29, 1.82) is 0 Å².